The molecule has 0 amide bonds. The van der Waals surface area contributed by atoms with E-state index in [1.807, 2.05) is 54.6 Å². The molecule has 7 rings (SSSR count). The maximum atomic E-state index is 11.4. The van der Waals surface area contributed by atoms with E-state index < -0.39 is 96.2 Å². The standard InChI is InChI=1S/C35H21BClN3O10/c36-22-17-19(26(44)24(42)18(22)20-27(45)30(48)32(50)31(49)28(20)46)23(41)21(29(47)25(17)43)34-38-33(39-35(37)40-34)14-10-8-13(9-11-14)16-7-3-5-12-4-1-2-6-15(12)16/h1-11,41-50H. The van der Waals surface area contributed by atoms with Gasteiger partial charge in [-0.05, 0) is 33.5 Å². The maximum Gasteiger partial charge on any atom is 0.226 e. The molecule has 0 saturated carbocycles. The number of benzene rings is 6. The number of aromatic hydroxyl groups is 10. The Bertz CT molecular complexity index is 2550. The average molecular weight is 690 g/mol. The minimum Gasteiger partial charge on any atom is -0.506 e. The minimum absolute atomic E-state index is 0.00248. The summed E-state index contributed by atoms with van der Waals surface area (Å²) >= 11 is 6.24. The predicted octanol–water partition coefficient (Wildman–Crippen LogP) is 5.35. The average Bonchev–Trinajstić information content (AvgIpc) is 3.11. The van der Waals surface area contributed by atoms with Gasteiger partial charge in [-0.3, -0.25) is 0 Å². The van der Waals surface area contributed by atoms with Crippen molar-refractivity contribution in [2.45, 2.75) is 0 Å². The Hall–Kier alpha value is -6.80. The van der Waals surface area contributed by atoms with E-state index in [4.69, 9.17) is 19.4 Å². The van der Waals surface area contributed by atoms with E-state index >= 15 is 0 Å². The fourth-order valence-electron chi connectivity index (χ4n) is 5.95. The summed E-state index contributed by atoms with van der Waals surface area (Å²) in [5, 5.41) is 107. The van der Waals surface area contributed by atoms with Crippen LogP contribution < -0.4 is 5.46 Å². The number of hydrogen-bond acceptors (Lipinski definition) is 13. The smallest absolute Gasteiger partial charge is 0.226 e. The highest BCUT2D eigenvalue weighted by atomic mass is 35.5. The van der Waals surface area contributed by atoms with Gasteiger partial charge in [0.1, 0.15) is 19.2 Å². The Morgan fingerprint density at radius 2 is 0.960 bits per heavy atom. The quantitative estimate of drug-likeness (QED) is 0.0638. The predicted molar refractivity (Wildman–Crippen MR) is 184 cm³/mol. The third-order valence-corrected chi connectivity index (χ3v) is 8.52. The molecule has 50 heavy (non-hydrogen) atoms. The summed E-state index contributed by atoms with van der Waals surface area (Å²) in [4.78, 5) is 12.5. The lowest BCUT2D eigenvalue weighted by atomic mass is 9.79. The molecule has 13 nitrogen and oxygen atoms in total. The van der Waals surface area contributed by atoms with Crippen LogP contribution in [-0.2, 0) is 0 Å². The van der Waals surface area contributed by atoms with Gasteiger partial charge >= 0.3 is 0 Å². The van der Waals surface area contributed by atoms with E-state index in [1.165, 1.54) is 0 Å². The zero-order valence-electron chi connectivity index (χ0n) is 25.1. The number of nitrogens with zero attached hydrogens (tertiary/aromatic N) is 3. The summed E-state index contributed by atoms with van der Waals surface area (Å²) in [7, 11) is 6.17. The van der Waals surface area contributed by atoms with Crippen LogP contribution in [-0.4, -0.2) is 73.9 Å². The number of rotatable bonds is 4. The molecule has 2 radical (unpaired) electrons. The molecule has 1 heterocycles. The van der Waals surface area contributed by atoms with Crippen molar-refractivity contribution in [1.82, 2.24) is 15.0 Å². The SMILES string of the molecule is [B]c1c(-c2c(O)c(O)c(O)c(O)c2O)c(O)c(O)c2c(O)c(-c3nc(Cl)nc(-c4ccc(-c5cccc6ccccc56)cc4)n3)c(O)c(O)c12. The first-order valence-electron chi connectivity index (χ1n) is 14.4. The first kappa shape index (κ1) is 31.8. The van der Waals surface area contributed by atoms with Crippen LogP contribution in [0.1, 0.15) is 0 Å². The number of phenolic OH excluding ortho intramolecular Hbond substituents is 10. The van der Waals surface area contributed by atoms with Gasteiger partial charge in [-0.1, -0.05) is 72.2 Å². The van der Waals surface area contributed by atoms with Crippen molar-refractivity contribution in [1.29, 1.82) is 0 Å². The highest BCUT2D eigenvalue weighted by molar-refractivity contribution is 6.45. The molecule has 0 bridgehead atoms. The molecule has 0 saturated heterocycles. The van der Waals surface area contributed by atoms with Crippen molar-refractivity contribution in [3.05, 3.63) is 72.0 Å². The van der Waals surface area contributed by atoms with E-state index in [1.54, 1.807) is 12.1 Å². The van der Waals surface area contributed by atoms with Gasteiger partial charge in [0.25, 0.3) is 0 Å². The molecule has 0 aliphatic rings. The molecule has 7 aromatic rings. The van der Waals surface area contributed by atoms with Gasteiger partial charge in [-0.25, -0.2) is 4.98 Å². The number of aromatic nitrogens is 3. The van der Waals surface area contributed by atoms with Crippen molar-refractivity contribution in [2.24, 2.45) is 0 Å². The molecule has 6 aromatic carbocycles. The van der Waals surface area contributed by atoms with E-state index in [2.05, 4.69) is 15.0 Å². The Morgan fingerprint density at radius 1 is 0.440 bits per heavy atom. The van der Waals surface area contributed by atoms with Gasteiger partial charge in [0, 0.05) is 16.5 Å². The fraction of sp³-hybridized carbons (Fsp3) is 0. The third kappa shape index (κ3) is 4.61. The van der Waals surface area contributed by atoms with Crippen LogP contribution in [0.5, 0.6) is 57.5 Å². The first-order chi connectivity index (χ1) is 23.8. The van der Waals surface area contributed by atoms with Gasteiger partial charge in [0.15, 0.2) is 46.1 Å². The van der Waals surface area contributed by atoms with Gasteiger partial charge in [0.2, 0.25) is 22.5 Å². The zero-order valence-corrected chi connectivity index (χ0v) is 25.9. The number of halogens is 1. The van der Waals surface area contributed by atoms with Crippen molar-refractivity contribution >= 4 is 46.5 Å². The summed E-state index contributed by atoms with van der Waals surface area (Å²) in [6.07, 6.45) is 0. The molecule has 0 atom stereocenters. The van der Waals surface area contributed by atoms with Crippen molar-refractivity contribution in [2.75, 3.05) is 0 Å². The summed E-state index contributed by atoms with van der Waals surface area (Å²) < 4.78 is 0. The van der Waals surface area contributed by atoms with Crippen LogP contribution in [0.3, 0.4) is 0 Å². The molecule has 0 aliphatic carbocycles. The van der Waals surface area contributed by atoms with Crippen LogP contribution in [0.4, 0.5) is 0 Å². The van der Waals surface area contributed by atoms with E-state index in [0.717, 1.165) is 21.9 Å². The van der Waals surface area contributed by atoms with Crippen LogP contribution in [0.2, 0.25) is 5.28 Å². The largest absolute Gasteiger partial charge is 0.506 e. The van der Waals surface area contributed by atoms with Gasteiger partial charge < -0.3 is 51.1 Å². The Kier molecular flexibility index (Phi) is 7.26. The molecule has 10 N–H and O–H groups in total. The highest BCUT2D eigenvalue weighted by Crippen LogP contribution is 2.59. The molecular formula is C35H21BClN3O10. The normalized spacial score (nSPS) is 11.4. The minimum atomic E-state index is -1.33. The Balaban J connectivity index is 1.39. The van der Waals surface area contributed by atoms with Crippen molar-refractivity contribution in [3.8, 4) is 103 Å². The molecule has 246 valence electrons. The monoisotopic (exact) mass is 689 g/mol. The van der Waals surface area contributed by atoms with Crippen molar-refractivity contribution in [3.63, 3.8) is 0 Å². The third-order valence-electron chi connectivity index (χ3n) is 8.35. The number of phenols is 10. The van der Waals surface area contributed by atoms with E-state index in [-0.39, 0.29) is 11.1 Å². The van der Waals surface area contributed by atoms with Crippen LogP contribution in [0.15, 0.2) is 66.7 Å². The van der Waals surface area contributed by atoms with Gasteiger partial charge in [0.05, 0.1) is 10.9 Å². The lowest BCUT2D eigenvalue weighted by molar-refractivity contribution is 0.329. The second-order valence-electron chi connectivity index (χ2n) is 11.1. The molecular weight excluding hydrogens is 669 g/mol. The first-order valence-corrected chi connectivity index (χ1v) is 14.8. The molecule has 0 unspecified atom stereocenters. The summed E-state index contributed by atoms with van der Waals surface area (Å²) in [5.41, 5.74) is -0.936. The Morgan fingerprint density at radius 3 is 1.64 bits per heavy atom. The van der Waals surface area contributed by atoms with E-state index in [0.29, 0.717) is 5.56 Å². The number of hydrogen-bond donors (Lipinski definition) is 10. The van der Waals surface area contributed by atoms with Crippen molar-refractivity contribution < 1.29 is 51.1 Å². The summed E-state index contributed by atoms with van der Waals surface area (Å²) in [5.74, 6) is -12.6. The highest BCUT2D eigenvalue weighted by Gasteiger charge is 2.33. The second-order valence-corrected chi connectivity index (χ2v) is 11.5. The molecule has 0 fully saturated rings. The Labute approximate surface area is 286 Å². The summed E-state index contributed by atoms with van der Waals surface area (Å²) in [6, 6.07) is 21.0. The van der Waals surface area contributed by atoms with Gasteiger partial charge in [-0.15, -0.1) is 0 Å². The zero-order chi connectivity index (χ0) is 35.8. The molecule has 0 spiro atoms. The van der Waals surface area contributed by atoms with Crippen LogP contribution in [0, 0.1) is 0 Å². The maximum absolute atomic E-state index is 11.4. The van der Waals surface area contributed by atoms with E-state index in [9.17, 15) is 51.1 Å². The molecule has 15 heteroatoms. The van der Waals surface area contributed by atoms with Gasteiger partial charge in [-0.2, -0.15) is 9.97 Å². The lowest BCUT2D eigenvalue weighted by Gasteiger charge is -2.21. The second kappa shape index (κ2) is 11.4. The number of fused-ring (bicyclic) bond motifs is 2. The van der Waals surface area contributed by atoms with Crippen LogP contribution >= 0.6 is 11.6 Å². The molecule has 1 aromatic heterocycles. The summed E-state index contributed by atoms with van der Waals surface area (Å²) in [6.45, 7) is 0. The topological polar surface area (TPSA) is 241 Å². The molecule has 0 aliphatic heterocycles. The van der Waals surface area contributed by atoms with Crippen LogP contribution in [0.25, 0.3) is 66.6 Å². The fourth-order valence-corrected chi connectivity index (χ4v) is 6.11. The lowest BCUT2D eigenvalue weighted by Crippen LogP contribution is -2.10.